The summed E-state index contributed by atoms with van der Waals surface area (Å²) < 4.78 is 5.48. The zero-order valence-corrected chi connectivity index (χ0v) is 17.7. The highest BCUT2D eigenvalue weighted by atomic mass is 16.5. The van der Waals surface area contributed by atoms with Crippen molar-refractivity contribution in [1.82, 2.24) is 9.97 Å². The van der Waals surface area contributed by atoms with E-state index >= 15 is 0 Å². The molecule has 0 bridgehead atoms. The Balaban J connectivity index is 0.000000660. The van der Waals surface area contributed by atoms with Crippen LogP contribution in [0.1, 0.15) is 32.8 Å². The van der Waals surface area contributed by atoms with E-state index < -0.39 is 0 Å². The lowest BCUT2D eigenvalue weighted by molar-refractivity contribution is 0.122. The van der Waals surface area contributed by atoms with Crippen LogP contribution in [-0.4, -0.2) is 61.6 Å². The fourth-order valence-corrected chi connectivity index (χ4v) is 3.53. The zero-order valence-electron chi connectivity index (χ0n) is 17.7. The third-order valence-corrected chi connectivity index (χ3v) is 4.74. The van der Waals surface area contributed by atoms with Gasteiger partial charge in [-0.25, -0.2) is 4.98 Å². The Hall–Kier alpha value is -2.18. The molecule has 0 spiro atoms. The van der Waals surface area contributed by atoms with E-state index in [9.17, 15) is 0 Å². The van der Waals surface area contributed by atoms with Crippen molar-refractivity contribution in [3.63, 3.8) is 0 Å². The molecular weight excluding hydrogens is 352 g/mol. The van der Waals surface area contributed by atoms with Crippen LogP contribution in [0.4, 0.5) is 11.8 Å². The number of aromatic nitrogens is 2. The second-order valence-electron chi connectivity index (χ2n) is 6.38. The number of morpholine rings is 1. The van der Waals surface area contributed by atoms with Gasteiger partial charge in [-0.15, -0.1) is 0 Å². The topological polar surface area (TPSA) is 61.7 Å². The van der Waals surface area contributed by atoms with Crippen molar-refractivity contribution in [1.29, 1.82) is 0 Å². The van der Waals surface area contributed by atoms with Crippen LogP contribution in [0.5, 0.6) is 0 Å². The minimum Gasteiger partial charge on any atom is -0.400 e. The number of hydrogen-bond donors (Lipinski definition) is 1. The third-order valence-electron chi connectivity index (χ3n) is 4.74. The van der Waals surface area contributed by atoms with Gasteiger partial charge in [0, 0.05) is 44.4 Å². The van der Waals surface area contributed by atoms with E-state index in [4.69, 9.17) is 19.8 Å². The van der Waals surface area contributed by atoms with Gasteiger partial charge in [0.1, 0.15) is 5.82 Å². The Kier molecular flexibility index (Phi) is 9.17. The van der Waals surface area contributed by atoms with Crippen LogP contribution < -0.4 is 9.80 Å². The Morgan fingerprint density at radius 3 is 2.32 bits per heavy atom. The van der Waals surface area contributed by atoms with Gasteiger partial charge in [-0.1, -0.05) is 51.1 Å². The minimum absolute atomic E-state index is 0.750. The normalized spacial score (nSPS) is 15.2. The summed E-state index contributed by atoms with van der Waals surface area (Å²) in [6.07, 6.45) is 2.17. The maximum atomic E-state index is 7.00. The molecule has 0 atom stereocenters. The van der Waals surface area contributed by atoms with E-state index in [0.717, 1.165) is 76.8 Å². The molecule has 2 aliphatic heterocycles. The van der Waals surface area contributed by atoms with Gasteiger partial charge >= 0.3 is 0 Å². The highest BCUT2D eigenvalue weighted by Gasteiger charge is 2.27. The molecular formula is C22H34N4O2. The molecule has 2 aliphatic rings. The fraction of sp³-hybridized carbons (Fsp3) is 0.545. The minimum atomic E-state index is 0.750. The van der Waals surface area contributed by atoms with Crippen molar-refractivity contribution < 1.29 is 9.84 Å². The maximum Gasteiger partial charge on any atom is 0.228 e. The summed E-state index contributed by atoms with van der Waals surface area (Å²) >= 11 is 0. The summed E-state index contributed by atoms with van der Waals surface area (Å²) in [4.78, 5) is 14.6. The van der Waals surface area contributed by atoms with Crippen molar-refractivity contribution >= 4 is 11.8 Å². The first-order valence-electron chi connectivity index (χ1n) is 10.4. The van der Waals surface area contributed by atoms with Crippen LogP contribution in [0.2, 0.25) is 0 Å². The fourth-order valence-electron chi connectivity index (χ4n) is 3.53. The van der Waals surface area contributed by atoms with Gasteiger partial charge in [0.15, 0.2) is 0 Å². The highest BCUT2D eigenvalue weighted by molar-refractivity contribution is 5.73. The number of benzene rings is 1. The molecule has 0 unspecified atom stereocenters. The lowest BCUT2D eigenvalue weighted by atomic mass is 10.1. The van der Waals surface area contributed by atoms with Crippen LogP contribution in [0, 0.1) is 0 Å². The number of aliphatic hydroxyl groups is 1. The summed E-state index contributed by atoms with van der Waals surface area (Å²) in [5.41, 5.74) is 3.58. The van der Waals surface area contributed by atoms with Gasteiger partial charge in [-0.05, 0) is 12.8 Å². The van der Waals surface area contributed by atoms with Crippen molar-refractivity contribution in [3.05, 3.63) is 35.9 Å². The van der Waals surface area contributed by atoms with Gasteiger partial charge in [0.05, 0.1) is 18.9 Å². The number of rotatable bonds is 4. The molecule has 1 fully saturated rings. The number of aliphatic hydroxyl groups excluding tert-OH is 1. The predicted molar refractivity (Wildman–Crippen MR) is 116 cm³/mol. The Morgan fingerprint density at radius 2 is 1.68 bits per heavy atom. The summed E-state index contributed by atoms with van der Waals surface area (Å²) in [7, 11) is 1.00. The van der Waals surface area contributed by atoms with Crippen LogP contribution in [0.15, 0.2) is 30.3 Å². The average molecular weight is 387 g/mol. The average Bonchev–Trinajstić information content (AvgIpc) is 3.20. The first kappa shape index (κ1) is 22.1. The molecule has 0 radical (unpaired) electrons. The molecule has 1 saturated heterocycles. The molecule has 0 amide bonds. The first-order valence-corrected chi connectivity index (χ1v) is 10.4. The van der Waals surface area contributed by atoms with Crippen molar-refractivity contribution in [3.8, 4) is 11.3 Å². The van der Waals surface area contributed by atoms with Crippen LogP contribution >= 0.6 is 0 Å². The summed E-state index contributed by atoms with van der Waals surface area (Å²) in [6.45, 7) is 11.5. The monoisotopic (exact) mass is 386 g/mol. The lowest BCUT2D eigenvalue weighted by Crippen LogP contribution is -2.37. The van der Waals surface area contributed by atoms with E-state index in [-0.39, 0.29) is 0 Å². The summed E-state index contributed by atoms with van der Waals surface area (Å²) in [6, 6.07) is 10.5. The van der Waals surface area contributed by atoms with Crippen molar-refractivity contribution in [2.75, 3.05) is 56.3 Å². The zero-order chi connectivity index (χ0) is 20.4. The van der Waals surface area contributed by atoms with Crippen LogP contribution in [0.3, 0.4) is 0 Å². The maximum absolute atomic E-state index is 7.00. The Labute approximate surface area is 169 Å². The highest BCUT2D eigenvalue weighted by Crippen LogP contribution is 2.35. The number of anilines is 2. The van der Waals surface area contributed by atoms with E-state index in [2.05, 4.69) is 47.1 Å². The molecule has 154 valence electrons. The first-order chi connectivity index (χ1) is 13.9. The molecule has 0 aliphatic carbocycles. The molecule has 1 aromatic carbocycles. The van der Waals surface area contributed by atoms with E-state index in [1.54, 1.807) is 0 Å². The second-order valence-corrected chi connectivity index (χ2v) is 6.38. The molecule has 1 N–H and O–H groups in total. The molecule has 1 aromatic heterocycles. The number of fused-ring (bicyclic) bond motifs is 1. The SMILES string of the molecule is CC.CCCN1CCc2c(-c3ccccc3)nc(N3CCOCC3)nc21.CO. The Bertz CT molecular complexity index is 703. The molecule has 4 rings (SSSR count). The van der Waals surface area contributed by atoms with Gasteiger partial charge in [-0.2, -0.15) is 4.98 Å². The summed E-state index contributed by atoms with van der Waals surface area (Å²) in [5.74, 6) is 1.98. The van der Waals surface area contributed by atoms with Crippen LogP contribution in [-0.2, 0) is 11.2 Å². The van der Waals surface area contributed by atoms with E-state index in [1.807, 2.05) is 13.8 Å². The third kappa shape index (κ3) is 5.00. The van der Waals surface area contributed by atoms with Gasteiger partial charge < -0.3 is 19.6 Å². The number of ether oxygens (including phenoxy) is 1. The number of hydrogen-bond acceptors (Lipinski definition) is 6. The van der Waals surface area contributed by atoms with Gasteiger partial charge in [0.25, 0.3) is 0 Å². The molecule has 3 heterocycles. The lowest BCUT2D eigenvalue weighted by Gasteiger charge is -2.28. The standard InChI is InChI=1S/C19H24N4O.C2H6.CH4O/c1-2-9-22-10-8-16-17(15-6-4-3-5-7-15)20-19(21-18(16)22)23-11-13-24-14-12-23;2*1-2/h3-7H,2,8-14H2,1H3;1-2H3;2H,1H3. The van der Waals surface area contributed by atoms with Crippen molar-refractivity contribution in [2.24, 2.45) is 0 Å². The predicted octanol–water partition coefficient (Wildman–Crippen LogP) is 3.39. The molecule has 0 saturated carbocycles. The second kappa shape index (κ2) is 11.6. The van der Waals surface area contributed by atoms with Gasteiger partial charge in [-0.3, -0.25) is 0 Å². The molecule has 6 heteroatoms. The summed E-state index contributed by atoms with van der Waals surface area (Å²) in [5, 5.41) is 7.00. The van der Waals surface area contributed by atoms with E-state index in [1.165, 1.54) is 11.1 Å². The molecule has 6 nitrogen and oxygen atoms in total. The van der Waals surface area contributed by atoms with Crippen LogP contribution in [0.25, 0.3) is 11.3 Å². The van der Waals surface area contributed by atoms with E-state index in [0.29, 0.717) is 0 Å². The molecule has 28 heavy (non-hydrogen) atoms. The molecule has 2 aromatic rings. The number of nitrogens with zero attached hydrogens (tertiary/aromatic N) is 4. The Morgan fingerprint density at radius 1 is 1.00 bits per heavy atom. The van der Waals surface area contributed by atoms with Gasteiger partial charge in [0.2, 0.25) is 5.95 Å². The largest absolute Gasteiger partial charge is 0.400 e. The quantitative estimate of drug-likeness (QED) is 0.869. The van der Waals surface area contributed by atoms with Crippen molar-refractivity contribution in [2.45, 2.75) is 33.6 Å². The smallest absolute Gasteiger partial charge is 0.228 e.